The van der Waals surface area contributed by atoms with Crippen LogP contribution < -0.4 is 0 Å². The van der Waals surface area contributed by atoms with Crippen molar-refractivity contribution in [2.75, 3.05) is 31.9 Å². The van der Waals surface area contributed by atoms with E-state index in [1.807, 2.05) is 19.1 Å². The number of hydrogen-bond donors (Lipinski definition) is 0. The van der Waals surface area contributed by atoms with E-state index in [-0.39, 0.29) is 11.2 Å². The third-order valence-electron chi connectivity index (χ3n) is 5.70. The Morgan fingerprint density at radius 2 is 1.80 bits per heavy atom. The molecule has 7 heteroatoms. The van der Waals surface area contributed by atoms with E-state index in [1.54, 1.807) is 16.4 Å². The number of rotatable bonds is 12. The molecule has 170 valence electrons. The highest BCUT2D eigenvalue weighted by Gasteiger charge is 2.30. The molecule has 0 saturated carbocycles. The normalized spacial score (nSPS) is 16.7. The average molecular weight is 455 g/mol. The van der Waals surface area contributed by atoms with Crippen molar-refractivity contribution in [2.24, 2.45) is 0 Å². The molecule has 0 aromatic heterocycles. The quantitative estimate of drug-likeness (QED) is 0.433. The number of carbonyl (C=O) groups excluding carboxylic acids is 1. The molecule has 0 N–H and O–H groups in total. The molecule has 1 aromatic carbocycles. The molecule has 1 aromatic rings. The summed E-state index contributed by atoms with van der Waals surface area (Å²) in [7, 11) is -3.61. The molecule has 5 nitrogen and oxygen atoms in total. The Labute approximate surface area is 187 Å². The number of sulfonamides is 1. The monoisotopic (exact) mass is 454 g/mol. The largest absolute Gasteiger partial charge is 0.302 e. The van der Waals surface area contributed by atoms with E-state index in [0.717, 1.165) is 32.5 Å². The lowest BCUT2D eigenvalue weighted by Gasteiger charge is -2.32. The topological polar surface area (TPSA) is 57.7 Å². The fourth-order valence-electron chi connectivity index (χ4n) is 3.86. The van der Waals surface area contributed by atoms with Crippen LogP contribution in [0.15, 0.2) is 29.2 Å². The van der Waals surface area contributed by atoms with Gasteiger partial charge in [0.25, 0.3) is 0 Å². The number of unbranched alkanes of at least 4 members (excludes halogenated alkanes) is 2. The maximum atomic E-state index is 13.5. The Bertz CT molecular complexity index is 744. The van der Waals surface area contributed by atoms with Crippen molar-refractivity contribution in [3.8, 4) is 0 Å². The van der Waals surface area contributed by atoms with Crippen LogP contribution in [-0.4, -0.2) is 60.7 Å². The molecule has 0 aliphatic carbocycles. The van der Waals surface area contributed by atoms with Crippen LogP contribution in [0, 0.1) is 0 Å². The summed E-state index contributed by atoms with van der Waals surface area (Å²) >= 11 is 1.20. The molecule has 1 atom stereocenters. The summed E-state index contributed by atoms with van der Waals surface area (Å²) < 4.78 is 28.6. The molecule has 0 spiro atoms. The number of nitrogens with zero attached hydrogens (tertiary/aromatic N) is 2. The Morgan fingerprint density at radius 3 is 2.40 bits per heavy atom. The van der Waals surface area contributed by atoms with Gasteiger partial charge in [0.05, 0.1) is 4.90 Å². The molecule has 1 aliphatic heterocycles. The fraction of sp³-hybridized carbons (Fsp3) is 0.696. The lowest BCUT2D eigenvalue weighted by molar-refractivity contribution is -0.109. The van der Waals surface area contributed by atoms with Gasteiger partial charge < -0.3 is 4.90 Å². The van der Waals surface area contributed by atoms with Gasteiger partial charge in [0.2, 0.25) is 10.0 Å². The van der Waals surface area contributed by atoms with E-state index in [1.165, 1.54) is 56.4 Å². The number of carbonyl (C=O) groups is 1. The van der Waals surface area contributed by atoms with Crippen molar-refractivity contribution in [1.29, 1.82) is 0 Å². The summed E-state index contributed by atoms with van der Waals surface area (Å²) in [5.41, 5.74) is 1.18. The van der Waals surface area contributed by atoms with Crippen LogP contribution in [0.1, 0.15) is 64.9 Å². The van der Waals surface area contributed by atoms with Gasteiger partial charge in [-0.25, -0.2) is 8.42 Å². The third kappa shape index (κ3) is 7.98. The van der Waals surface area contributed by atoms with E-state index >= 15 is 0 Å². The van der Waals surface area contributed by atoms with E-state index < -0.39 is 10.0 Å². The number of hydrogen-bond acceptors (Lipinski definition) is 5. The van der Waals surface area contributed by atoms with Crippen molar-refractivity contribution in [3.05, 3.63) is 29.8 Å². The molecule has 1 saturated heterocycles. The van der Waals surface area contributed by atoms with Crippen LogP contribution in [0.25, 0.3) is 0 Å². The van der Waals surface area contributed by atoms with Crippen molar-refractivity contribution < 1.29 is 13.2 Å². The summed E-state index contributed by atoms with van der Waals surface area (Å²) in [6, 6.07) is 7.14. The van der Waals surface area contributed by atoms with Gasteiger partial charge in [0.1, 0.15) is 0 Å². The van der Waals surface area contributed by atoms with Crippen LogP contribution in [0.3, 0.4) is 0 Å². The molecule has 1 fully saturated rings. The van der Waals surface area contributed by atoms with Crippen LogP contribution in [-0.2, 0) is 21.2 Å². The van der Waals surface area contributed by atoms with Gasteiger partial charge in [-0.05, 0) is 63.4 Å². The molecule has 0 radical (unpaired) electrons. The summed E-state index contributed by atoms with van der Waals surface area (Å²) in [4.78, 5) is 14.1. The summed E-state index contributed by atoms with van der Waals surface area (Å²) in [6.45, 7) is 8.89. The molecular weight excluding hydrogens is 416 g/mol. The number of thioether (sulfide) groups is 1. The Morgan fingerprint density at radius 1 is 1.13 bits per heavy atom. The number of benzene rings is 1. The maximum absolute atomic E-state index is 13.5. The van der Waals surface area contributed by atoms with Gasteiger partial charge in [-0.1, -0.05) is 50.1 Å². The summed E-state index contributed by atoms with van der Waals surface area (Å²) in [5, 5.41) is 0.0201. The van der Waals surface area contributed by atoms with Gasteiger partial charge in [-0.3, -0.25) is 4.79 Å². The van der Waals surface area contributed by atoms with Crippen molar-refractivity contribution in [2.45, 2.75) is 76.7 Å². The van der Waals surface area contributed by atoms with Crippen molar-refractivity contribution >= 4 is 26.9 Å². The third-order valence-corrected chi connectivity index (χ3v) is 8.79. The van der Waals surface area contributed by atoms with Crippen LogP contribution in [0.2, 0.25) is 0 Å². The van der Waals surface area contributed by atoms with Crippen LogP contribution >= 0.6 is 11.8 Å². The molecule has 0 bridgehead atoms. The highest BCUT2D eigenvalue weighted by Crippen LogP contribution is 2.22. The van der Waals surface area contributed by atoms with E-state index in [4.69, 9.17) is 0 Å². The number of likely N-dealkylation sites (tertiary alicyclic amines) is 1. The second-order valence-electron chi connectivity index (χ2n) is 8.27. The van der Waals surface area contributed by atoms with Crippen LogP contribution in [0.4, 0.5) is 0 Å². The van der Waals surface area contributed by atoms with Gasteiger partial charge in [0, 0.05) is 31.8 Å². The first-order valence-corrected chi connectivity index (χ1v) is 13.7. The van der Waals surface area contributed by atoms with Crippen LogP contribution in [0.5, 0.6) is 0 Å². The zero-order valence-corrected chi connectivity index (χ0v) is 20.4. The molecule has 30 heavy (non-hydrogen) atoms. The molecule has 0 unspecified atom stereocenters. The summed E-state index contributed by atoms with van der Waals surface area (Å²) in [5.74, 6) is 0.476. The first kappa shape index (κ1) is 25.4. The molecule has 0 amide bonds. The standard InChI is InChI=1S/C23H38N2O3S2/c1-4-5-7-10-22-11-13-23(14-12-22)30(27,28)25(20(2)19-29-21(3)26)18-17-24-15-8-6-9-16-24/h11-14,20H,4-10,15-19H2,1-3H3/t20-/m1/s1. The van der Waals surface area contributed by atoms with E-state index in [2.05, 4.69) is 11.8 Å². The minimum absolute atomic E-state index is 0.0201. The second-order valence-corrected chi connectivity index (χ2v) is 11.4. The van der Waals surface area contributed by atoms with E-state index in [0.29, 0.717) is 17.2 Å². The number of piperidine rings is 1. The Kier molecular flexibility index (Phi) is 10.9. The summed E-state index contributed by atoms with van der Waals surface area (Å²) in [6.07, 6.45) is 8.10. The molecule has 1 aliphatic rings. The lowest BCUT2D eigenvalue weighted by atomic mass is 10.1. The Balaban J connectivity index is 2.13. The first-order valence-electron chi connectivity index (χ1n) is 11.3. The maximum Gasteiger partial charge on any atom is 0.243 e. The van der Waals surface area contributed by atoms with Crippen molar-refractivity contribution in [3.63, 3.8) is 0 Å². The average Bonchev–Trinajstić information content (AvgIpc) is 2.73. The van der Waals surface area contributed by atoms with Gasteiger partial charge in [-0.2, -0.15) is 4.31 Å². The number of aryl methyl sites for hydroxylation is 1. The highest BCUT2D eigenvalue weighted by atomic mass is 32.2. The van der Waals surface area contributed by atoms with E-state index in [9.17, 15) is 13.2 Å². The van der Waals surface area contributed by atoms with Crippen molar-refractivity contribution in [1.82, 2.24) is 9.21 Å². The molecule has 1 heterocycles. The highest BCUT2D eigenvalue weighted by molar-refractivity contribution is 8.13. The SMILES string of the molecule is CCCCCc1ccc(S(=O)(=O)N(CCN2CCCCC2)[C@H](C)CSC(C)=O)cc1. The van der Waals surface area contributed by atoms with Gasteiger partial charge in [-0.15, -0.1) is 0 Å². The first-order chi connectivity index (χ1) is 14.3. The predicted molar refractivity (Wildman–Crippen MR) is 126 cm³/mol. The van der Waals surface area contributed by atoms with Gasteiger partial charge in [0.15, 0.2) is 5.12 Å². The predicted octanol–water partition coefficient (Wildman–Crippen LogP) is 4.56. The molecule has 2 rings (SSSR count). The molecular formula is C23H38N2O3S2. The Hall–Kier alpha value is -0.890. The fourth-order valence-corrected chi connectivity index (χ4v) is 6.24. The minimum Gasteiger partial charge on any atom is -0.302 e. The zero-order valence-electron chi connectivity index (χ0n) is 18.8. The second kappa shape index (κ2) is 12.8. The lowest BCUT2D eigenvalue weighted by Crippen LogP contribution is -2.45. The smallest absolute Gasteiger partial charge is 0.243 e. The van der Waals surface area contributed by atoms with Gasteiger partial charge >= 0.3 is 0 Å². The zero-order chi connectivity index (χ0) is 22.0. The minimum atomic E-state index is -3.61.